The molecule has 6 heteroatoms. The zero-order valence-electron chi connectivity index (χ0n) is 12.6. The van der Waals surface area contributed by atoms with Gasteiger partial charge in [0, 0.05) is 15.5 Å². The average molecular weight is 367 g/mol. The van der Waals surface area contributed by atoms with Gasteiger partial charge in [0.15, 0.2) is 0 Å². The fourth-order valence-electron chi connectivity index (χ4n) is 1.91. The quantitative estimate of drug-likeness (QED) is 0.307. The number of nitrogens with two attached hydrogens (primary N) is 1. The zero-order valence-corrected chi connectivity index (χ0v) is 15.0. The Morgan fingerprint density at radius 1 is 1.00 bits per heavy atom. The van der Waals surface area contributed by atoms with Crippen molar-refractivity contribution >= 4 is 52.4 Å². The summed E-state index contributed by atoms with van der Waals surface area (Å²) in [5.74, 6) is 1.77. The van der Waals surface area contributed by atoms with Crippen molar-refractivity contribution in [2.75, 3.05) is 28.4 Å². The summed E-state index contributed by atoms with van der Waals surface area (Å²) >= 11 is 9.05. The molecular formula is C17H19ClN2OS2. The van der Waals surface area contributed by atoms with Crippen LogP contribution in [0.25, 0.3) is 0 Å². The molecule has 3 N–H and O–H groups in total. The van der Waals surface area contributed by atoms with E-state index in [0.29, 0.717) is 0 Å². The number of benzene rings is 2. The molecule has 0 fully saturated rings. The lowest BCUT2D eigenvalue weighted by Crippen LogP contribution is -2.13. The van der Waals surface area contributed by atoms with Crippen molar-refractivity contribution in [3.05, 3.63) is 48.5 Å². The number of hydrogen-bond donors (Lipinski definition) is 2. The van der Waals surface area contributed by atoms with Gasteiger partial charge in [0.2, 0.25) is 5.91 Å². The number of para-hydroxylation sites is 2. The number of thioether (sulfide) groups is 2. The minimum Gasteiger partial charge on any atom is -0.398 e. The monoisotopic (exact) mass is 366 g/mol. The van der Waals surface area contributed by atoms with Gasteiger partial charge in [-0.25, -0.2) is 0 Å². The number of alkyl halides is 1. The van der Waals surface area contributed by atoms with Gasteiger partial charge in [-0.3, -0.25) is 4.79 Å². The molecule has 3 nitrogen and oxygen atoms in total. The van der Waals surface area contributed by atoms with Gasteiger partial charge in [-0.1, -0.05) is 24.3 Å². The number of hydrogen-bond acceptors (Lipinski definition) is 4. The number of amides is 1. The Morgan fingerprint density at radius 2 is 1.61 bits per heavy atom. The first-order chi connectivity index (χ1) is 11.2. The predicted octanol–water partition coefficient (Wildman–Crippen LogP) is 4.72. The molecule has 0 saturated heterocycles. The van der Waals surface area contributed by atoms with E-state index in [9.17, 15) is 4.79 Å². The Kier molecular flexibility index (Phi) is 7.65. The molecule has 2 rings (SSSR count). The number of carbonyl (C=O) groups is 1. The summed E-state index contributed by atoms with van der Waals surface area (Å²) in [7, 11) is 0. The third-order valence-corrected chi connectivity index (χ3v) is 5.58. The number of rotatable bonds is 8. The summed E-state index contributed by atoms with van der Waals surface area (Å²) in [5, 5.41) is 2.82. The molecule has 0 spiro atoms. The van der Waals surface area contributed by atoms with Crippen LogP contribution in [-0.4, -0.2) is 23.3 Å². The third-order valence-electron chi connectivity index (χ3n) is 3.01. The molecule has 0 heterocycles. The second-order valence-electron chi connectivity index (χ2n) is 4.77. The van der Waals surface area contributed by atoms with Crippen molar-refractivity contribution in [1.82, 2.24) is 0 Å². The van der Waals surface area contributed by atoms with Crippen molar-refractivity contribution in [1.29, 1.82) is 0 Å². The minimum atomic E-state index is -0.185. The summed E-state index contributed by atoms with van der Waals surface area (Å²) < 4.78 is 0. The summed E-state index contributed by atoms with van der Waals surface area (Å²) in [5.41, 5.74) is 7.58. The SMILES string of the molecule is Nc1ccccc1SCCCSc1ccccc1NC(=O)CCl. The highest BCUT2D eigenvalue weighted by atomic mass is 35.5. The molecular weight excluding hydrogens is 348 g/mol. The molecule has 0 saturated carbocycles. The van der Waals surface area contributed by atoms with Crippen molar-refractivity contribution in [2.24, 2.45) is 0 Å². The second kappa shape index (κ2) is 9.75. The van der Waals surface area contributed by atoms with Gasteiger partial charge >= 0.3 is 0 Å². The average Bonchev–Trinajstić information content (AvgIpc) is 2.57. The van der Waals surface area contributed by atoms with Crippen molar-refractivity contribution in [2.45, 2.75) is 16.2 Å². The van der Waals surface area contributed by atoms with Gasteiger partial charge in [0.05, 0.1) is 5.69 Å². The lowest BCUT2D eigenvalue weighted by molar-refractivity contribution is -0.113. The number of nitrogen functional groups attached to an aromatic ring is 1. The van der Waals surface area contributed by atoms with Crippen LogP contribution < -0.4 is 11.1 Å². The molecule has 0 unspecified atom stereocenters. The number of halogens is 1. The van der Waals surface area contributed by atoms with E-state index in [-0.39, 0.29) is 11.8 Å². The Morgan fingerprint density at radius 3 is 2.30 bits per heavy atom. The van der Waals surface area contributed by atoms with Gasteiger partial charge in [0.25, 0.3) is 0 Å². The molecule has 122 valence electrons. The van der Waals surface area contributed by atoms with E-state index in [1.54, 1.807) is 23.5 Å². The van der Waals surface area contributed by atoms with E-state index in [0.717, 1.165) is 39.1 Å². The number of carbonyl (C=O) groups excluding carboxylic acids is 1. The van der Waals surface area contributed by atoms with Crippen LogP contribution in [0.2, 0.25) is 0 Å². The lowest BCUT2D eigenvalue weighted by atomic mass is 10.3. The van der Waals surface area contributed by atoms with Crippen LogP contribution in [-0.2, 0) is 4.79 Å². The van der Waals surface area contributed by atoms with Crippen LogP contribution in [0, 0.1) is 0 Å². The van der Waals surface area contributed by atoms with Gasteiger partial charge in [0.1, 0.15) is 5.88 Å². The zero-order chi connectivity index (χ0) is 16.5. The minimum absolute atomic E-state index is 0.0336. The van der Waals surface area contributed by atoms with E-state index in [1.165, 1.54) is 0 Å². The molecule has 0 bridgehead atoms. The van der Waals surface area contributed by atoms with Crippen molar-refractivity contribution < 1.29 is 4.79 Å². The third kappa shape index (κ3) is 6.01. The van der Waals surface area contributed by atoms with Crippen LogP contribution in [0.15, 0.2) is 58.3 Å². The van der Waals surface area contributed by atoms with Crippen LogP contribution in [0.5, 0.6) is 0 Å². The number of nitrogens with one attached hydrogen (secondary N) is 1. The molecule has 0 radical (unpaired) electrons. The Bertz CT molecular complexity index is 652. The maximum Gasteiger partial charge on any atom is 0.239 e. The van der Waals surface area contributed by atoms with Crippen LogP contribution >= 0.6 is 35.1 Å². The van der Waals surface area contributed by atoms with E-state index in [1.807, 2.05) is 48.5 Å². The highest BCUT2D eigenvalue weighted by Gasteiger charge is 2.06. The van der Waals surface area contributed by atoms with Gasteiger partial charge in [-0.05, 0) is 42.2 Å². The summed E-state index contributed by atoms with van der Waals surface area (Å²) in [6.07, 6.45) is 1.06. The van der Waals surface area contributed by atoms with Crippen molar-refractivity contribution in [3.8, 4) is 0 Å². The second-order valence-corrected chi connectivity index (χ2v) is 7.31. The van der Waals surface area contributed by atoms with Gasteiger partial charge in [-0.15, -0.1) is 35.1 Å². The largest absolute Gasteiger partial charge is 0.398 e. The van der Waals surface area contributed by atoms with Gasteiger partial charge in [-0.2, -0.15) is 0 Å². The van der Waals surface area contributed by atoms with Gasteiger partial charge < -0.3 is 11.1 Å². The highest BCUT2D eigenvalue weighted by molar-refractivity contribution is 8.00. The normalized spacial score (nSPS) is 10.5. The molecule has 0 aromatic heterocycles. The van der Waals surface area contributed by atoms with Crippen LogP contribution in [0.1, 0.15) is 6.42 Å². The number of anilines is 2. The van der Waals surface area contributed by atoms with Crippen LogP contribution in [0.4, 0.5) is 11.4 Å². The molecule has 0 aliphatic rings. The summed E-state index contributed by atoms with van der Waals surface area (Å²) in [6.45, 7) is 0. The highest BCUT2D eigenvalue weighted by Crippen LogP contribution is 2.29. The summed E-state index contributed by atoms with van der Waals surface area (Å²) in [4.78, 5) is 13.6. The molecule has 0 atom stereocenters. The topological polar surface area (TPSA) is 55.1 Å². The van der Waals surface area contributed by atoms with E-state index >= 15 is 0 Å². The Hall–Kier alpha value is -1.30. The molecule has 2 aromatic rings. The molecule has 2 aromatic carbocycles. The molecule has 0 aliphatic carbocycles. The maximum atomic E-state index is 11.4. The lowest BCUT2D eigenvalue weighted by Gasteiger charge is -2.10. The van der Waals surface area contributed by atoms with Crippen molar-refractivity contribution in [3.63, 3.8) is 0 Å². The smallest absolute Gasteiger partial charge is 0.239 e. The molecule has 1 amide bonds. The van der Waals surface area contributed by atoms with E-state index in [4.69, 9.17) is 17.3 Å². The Balaban J connectivity index is 1.78. The first-order valence-electron chi connectivity index (χ1n) is 7.25. The summed E-state index contributed by atoms with van der Waals surface area (Å²) in [6, 6.07) is 15.7. The standard InChI is InChI=1S/C17H19ClN2OS2/c18-12-17(21)20-14-7-2-4-9-16(14)23-11-5-10-22-15-8-3-1-6-13(15)19/h1-4,6-9H,5,10-12,19H2,(H,20,21). The van der Waals surface area contributed by atoms with Crippen LogP contribution in [0.3, 0.4) is 0 Å². The fraction of sp³-hybridized carbons (Fsp3) is 0.235. The van der Waals surface area contributed by atoms with E-state index in [2.05, 4.69) is 5.32 Å². The predicted molar refractivity (Wildman–Crippen MR) is 103 cm³/mol. The molecule has 0 aliphatic heterocycles. The first kappa shape index (κ1) is 18.0. The fourth-order valence-corrected chi connectivity index (χ4v) is 4.04. The molecule has 23 heavy (non-hydrogen) atoms. The Labute approximate surface area is 150 Å². The first-order valence-corrected chi connectivity index (χ1v) is 9.76. The maximum absolute atomic E-state index is 11.4. The van der Waals surface area contributed by atoms with E-state index < -0.39 is 0 Å².